The molecule has 2 aromatic rings. The third kappa shape index (κ3) is 4.48. The van der Waals surface area contributed by atoms with Crippen LogP contribution in [-0.4, -0.2) is 55.3 Å². The van der Waals surface area contributed by atoms with Crippen molar-refractivity contribution in [3.05, 3.63) is 42.5 Å². The lowest BCUT2D eigenvalue weighted by Crippen LogP contribution is -2.57. The predicted molar refractivity (Wildman–Crippen MR) is 115 cm³/mol. The van der Waals surface area contributed by atoms with Crippen molar-refractivity contribution in [2.75, 3.05) is 30.2 Å². The number of carbonyl (C=O) groups is 2. The van der Waals surface area contributed by atoms with Crippen molar-refractivity contribution in [1.29, 1.82) is 0 Å². The van der Waals surface area contributed by atoms with Crippen molar-refractivity contribution >= 4 is 40.0 Å². The Morgan fingerprint density at radius 2 is 2.00 bits per heavy atom. The average Bonchev–Trinajstić information content (AvgIpc) is 3.22. The van der Waals surface area contributed by atoms with Gasteiger partial charge in [-0.25, -0.2) is 0 Å². The van der Waals surface area contributed by atoms with E-state index < -0.39 is 6.04 Å². The minimum atomic E-state index is -0.752. The Labute approximate surface area is 170 Å². The molecule has 0 saturated carbocycles. The zero-order valence-electron chi connectivity index (χ0n) is 16.5. The van der Waals surface area contributed by atoms with Gasteiger partial charge >= 0.3 is 0 Å². The summed E-state index contributed by atoms with van der Waals surface area (Å²) in [6.07, 6.45) is 0. The largest absolute Gasteiger partial charge is 0.382 e. The SMILES string of the molecule is COCC(C(=O)NC(C)C)N(C(=O)C1CSCN1)c1cccc2ccccc12. The van der Waals surface area contributed by atoms with Gasteiger partial charge in [0.25, 0.3) is 0 Å². The van der Waals surface area contributed by atoms with Crippen molar-refractivity contribution in [2.24, 2.45) is 0 Å². The molecule has 1 aliphatic heterocycles. The van der Waals surface area contributed by atoms with Gasteiger partial charge in [0, 0.05) is 30.2 Å². The molecule has 6 nitrogen and oxygen atoms in total. The molecule has 3 rings (SSSR count). The van der Waals surface area contributed by atoms with Gasteiger partial charge in [-0.15, -0.1) is 11.8 Å². The fourth-order valence-electron chi connectivity index (χ4n) is 3.39. The maximum Gasteiger partial charge on any atom is 0.245 e. The molecule has 2 aromatic carbocycles. The molecule has 1 aliphatic rings. The molecule has 28 heavy (non-hydrogen) atoms. The van der Waals surface area contributed by atoms with Gasteiger partial charge in [0.1, 0.15) is 6.04 Å². The van der Waals surface area contributed by atoms with Crippen LogP contribution in [-0.2, 0) is 14.3 Å². The minimum absolute atomic E-state index is 0.0310. The van der Waals surface area contributed by atoms with Crippen LogP contribution >= 0.6 is 11.8 Å². The van der Waals surface area contributed by atoms with E-state index in [9.17, 15) is 9.59 Å². The van der Waals surface area contributed by atoms with Crippen molar-refractivity contribution in [3.63, 3.8) is 0 Å². The zero-order chi connectivity index (χ0) is 20.1. The quantitative estimate of drug-likeness (QED) is 0.745. The van der Waals surface area contributed by atoms with Gasteiger partial charge in [-0.1, -0.05) is 36.4 Å². The molecule has 0 aromatic heterocycles. The van der Waals surface area contributed by atoms with Gasteiger partial charge in [-0.2, -0.15) is 0 Å². The van der Waals surface area contributed by atoms with E-state index in [1.54, 1.807) is 23.8 Å². The summed E-state index contributed by atoms with van der Waals surface area (Å²) >= 11 is 1.68. The Bertz CT molecular complexity index is 831. The number of methoxy groups -OCH3 is 1. The molecule has 0 aliphatic carbocycles. The van der Waals surface area contributed by atoms with Crippen molar-refractivity contribution in [1.82, 2.24) is 10.6 Å². The summed E-state index contributed by atoms with van der Waals surface area (Å²) in [7, 11) is 1.55. The first-order valence-corrected chi connectivity index (χ1v) is 10.6. The summed E-state index contributed by atoms with van der Waals surface area (Å²) in [5.41, 5.74) is 0.725. The fraction of sp³-hybridized carbons (Fsp3) is 0.429. The topological polar surface area (TPSA) is 70.7 Å². The Balaban J connectivity index is 2.09. The summed E-state index contributed by atoms with van der Waals surface area (Å²) in [4.78, 5) is 28.1. The lowest BCUT2D eigenvalue weighted by molar-refractivity contribution is -0.128. The molecule has 1 heterocycles. The first-order valence-electron chi connectivity index (χ1n) is 9.44. The highest BCUT2D eigenvalue weighted by atomic mass is 32.2. The molecular weight excluding hydrogens is 374 g/mol. The maximum atomic E-state index is 13.5. The van der Waals surface area contributed by atoms with E-state index in [1.165, 1.54) is 0 Å². The number of fused-ring (bicyclic) bond motifs is 1. The van der Waals surface area contributed by atoms with Crippen LogP contribution in [0.25, 0.3) is 10.8 Å². The standard InChI is InChI=1S/C21H27N3O3S/c1-14(2)23-20(25)19(11-27-3)24(21(26)17-12-28-13-22-17)18-10-6-8-15-7-4-5-9-16(15)18/h4-10,14,17,19,22H,11-13H2,1-3H3,(H,23,25). The van der Waals surface area contributed by atoms with Gasteiger partial charge in [-0.3, -0.25) is 19.8 Å². The van der Waals surface area contributed by atoms with Crippen LogP contribution < -0.4 is 15.5 Å². The van der Waals surface area contributed by atoms with Crippen molar-refractivity contribution < 1.29 is 14.3 Å². The van der Waals surface area contributed by atoms with Gasteiger partial charge in [0.2, 0.25) is 11.8 Å². The van der Waals surface area contributed by atoms with Gasteiger partial charge in [0.15, 0.2) is 0 Å². The number of thioether (sulfide) groups is 1. The number of nitrogens with zero attached hydrogens (tertiary/aromatic N) is 1. The maximum absolute atomic E-state index is 13.5. The van der Waals surface area contributed by atoms with E-state index in [2.05, 4.69) is 10.6 Å². The van der Waals surface area contributed by atoms with Crippen LogP contribution in [0.1, 0.15) is 13.8 Å². The lowest BCUT2D eigenvalue weighted by Gasteiger charge is -2.33. The van der Waals surface area contributed by atoms with Crippen LogP contribution in [0.15, 0.2) is 42.5 Å². The number of benzene rings is 2. The summed E-state index contributed by atoms with van der Waals surface area (Å²) in [5.74, 6) is 1.09. The molecular formula is C21H27N3O3S. The highest BCUT2D eigenvalue weighted by Crippen LogP contribution is 2.30. The molecule has 2 unspecified atom stereocenters. The Morgan fingerprint density at radius 1 is 1.25 bits per heavy atom. The Kier molecular flexibility index (Phi) is 6.93. The monoisotopic (exact) mass is 401 g/mol. The van der Waals surface area contributed by atoms with Crippen LogP contribution in [0.2, 0.25) is 0 Å². The number of hydrogen-bond acceptors (Lipinski definition) is 5. The number of anilines is 1. The normalized spacial score (nSPS) is 17.6. The third-order valence-electron chi connectivity index (χ3n) is 4.65. The van der Waals surface area contributed by atoms with Crippen LogP contribution in [0, 0.1) is 0 Å². The number of nitrogens with one attached hydrogen (secondary N) is 2. The second kappa shape index (κ2) is 9.41. The first kappa shape index (κ1) is 20.6. The van der Waals surface area contributed by atoms with E-state index in [1.807, 2.05) is 56.3 Å². The molecule has 0 radical (unpaired) electrons. The molecule has 150 valence electrons. The van der Waals surface area contributed by atoms with Crippen molar-refractivity contribution in [3.8, 4) is 0 Å². The van der Waals surface area contributed by atoms with E-state index in [-0.39, 0.29) is 30.5 Å². The molecule has 1 saturated heterocycles. The van der Waals surface area contributed by atoms with Gasteiger partial charge in [-0.05, 0) is 25.3 Å². The van der Waals surface area contributed by atoms with E-state index in [0.29, 0.717) is 5.75 Å². The highest BCUT2D eigenvalue weighted by molar-refractivity contribution is 7.99. The van der Waals surface area contributed by atoms with Crippen LogP contribution in [0.3, 0.4) is 0 Å². The highest BCUT2D eigenvalue weighted by Gasteiger charge is 2.37. The van der Waals surface area contributed by atoms with E-state index in [4.69, 9.17) is 4.74 Å². The second-order valence-electron chi connectivity index (χ2n) is 7.11. The number of ether oxygens (including phenoxy) is 1. The fourth-order valence-corrected chi connectivity index (χ4v) is 4.32. The smallest absolute Gasteiger partial charge is 0.245 e. The lowest BCUT2D eigenvalue weighted by atomic mass is 10.0. The number of rotatable bonds is 7. The Morgan fingerprint density at radius 3 is 2.68 bits per heavy atom. The first-order chi connectivity index (χ1) is 13.5. The molecule has 0 bridgehead atoms. The second-order valence-corrected chi connectivity index (χ2v) is 8.14. The van der Waals surface area contributed by atoms with Crippen molar-refractivity contribution in [2.45, 2.75) is 32.0 Å². The Hall–Kier alpha value is -2.09. The van der Waals surface area contributed by atoms with E-state index >= 15 is 0 Å². The van der Waals surface area contributed by atoms with Gasteiger partial charge < -0.3 is 10.1 Å². The average molecular weight is 402 g/mol. The molecule has 1 fully saturated rings. The number of amides is 2. The summed E-state index contributed by atoms with van der Waals surface area (Å²) in [6, 6.07) is 12.6. The van der Waals surface area contributed by atoms with E-state index in [0.717, 1.165) is 22.3 Å². The number of carbonyl (C=O) groups excluding carboxylic acids is 2. The number of hydrogen-bond donors (Lipinski definition) is 2. The van der Waals surface area contributed by atoms with Crippen LogP contribution in [0.5, 0.6) is 0 Å². The molecule has 0 spiro atoms. The minimum Gasteiger partial charge on any atom is -0.382 e. The molecule has 2 N–H and O–H groups in total. The summed E-state index contributed by atoms with van der Waals surface area (Å²) < 4.78 is 5.35. The summed E-state index contributed by atoms with van der Waals surface area (Å²) in [6.45, 7) is 3.93. The zero-order valence-corrected chi connectivity index (χ0v) is 17.3. The molecule has 2 amide bonds. The molecule has 2 atom stereocenters. The molecule has 7 heteroatoms. The van der Waals surface area contributed by atoms with Gasteiger partial charge in [0.05, 0.1) is 18.3 Å². The third-order valence-corrected chi connectivity index (χ3v) is 5.59. The van der Waals surface area contributed by atoms with Crippen LogP contribution in [0.4, 0.5) is 5.69 Å². The predicted octanol–water partition coefficient (Wildman–Crippen LogP) is 2.37. The summed E-state index contributed by atoms with van der Waals surface area (Å²) in [5, 5.41) is 8.12.